The minimum Gasteiger partial charge on any atom is -0.355 e. The van der Waals surface area contributed by atoms with Crippen LogP contribution in [-0.2, 0) is 21.2 Å². The van der Waals surface area contributed by atoms with Crippen LogP contribution in [-0.4, -0.2) is 38.2 Å². The summed E-state index contributed by atoms with van der Waals surface area (Å²) in [5.41, 5.74) is 1.16. The van der Waals surface area contributed by atoms with Gasteiger partial charge < -0.3 is 5.32 Å². The molecule has 1 aromatic heterocycles. The zero-order chi connectivity index (χ0) is 14.3. The van der Waals surface area contributed by atoms with Gasteiger partial charge in [0.2, 0.25) is 15.9 Å². The van der Waals surface area contributed by atoms with Crippen molar-refractivity contribution in [2.75, 3.05) is 12.8 Å². The third kappa shape index (κ3) is 6.88. The molecule has 0 spiro atoms. The summed E-state index contributed by atoms with van der Waals surface area (Å²) in [6, 6.07) is 3.10. The van der Waals surface area contributed by atoms with E-state index in [-0.39, 0.29) is 5.91 Å². The number of carbonyl (C=O) groups excluding carboxylic acids is 1. The second-order valence-electron chi connectivity index (χ2n) is 4.36. The minimum atomic E-state index is -3.36. The average molecular weight is 285 g/mol. The molecule has 0 saturated carbocycles. The quantitative estimate of drug-likeness (QED) is 0.694. The highest BCUT2D eigenvalue weighted by Crippen LogP contribution is 1.99. The second kappa shape index (κ2) is 7.20. The predicted octanol–water partition coefficient (Wildman–Crippen LogP) is 0.0681. The molecule has 0 aliphatic carbocycles. The molecular formula is C12H19N3O3S. The number of pyridine rings is 1. The molecule has 0 aliphatic rings. The summed E-state index contributed by atoms with van der Waals surface area (Å²) in [6.07, 6.45) is 6.12. The van der Waals surface area contributed by atoms with Crippen LogP contribution in [0.2, 0.25) is 0 Å². The number of aryl methyl sites for hydroxylation is 1. The van der Waals surface area contributed by atoms with E-state index in [0.29, 0.717) is 6.54 Å². The Bertz CT molecular complexity index is 502. The molecule has 1 rings (SSSR count). The van der Waals surface area contributed by atoms with Gasteiger partial charge in [0.05, 0.1) is 12.3 Å². The van der Waals surface area contributed by atoms with Crippen molar-refractivity contribution in [2.24, 2.45) is 0 Å². The van der Waals surface area contributed by atoms with Gasteiger partial charge in [-0.1, -0.05) is 0 Å². The number of hydrogen-bond acceptors (Lipinski definition) is 4. The van der Waals surface area contributed by atoms with E-state index >= 15 is 0 Å². The molecule has 1 amide bonds. The van der Waals surface area contributed by atoms with Gasteiger partial charge in [-0.2, -0.15) is 0 Å². The van der Waals surface area contributed by atoms with Crippen LogP contribution in [0.15, 0.2) is 24.5 Å². The van der Waals surface area contributed by atoms with E-state index in [4.69, 9.17) is 0 Å². The molecule has 6 nitrogen and oxygen atoms in total. The standard InChI is InChI=1S/C12H19N3O3S/c1-10(15-19(2,17)18)12(16)14-7-3-4-11-5-8-13-9-6-11/h5-6,8-10,15H,3-4,7H2,1-2H3,(H,14,16)/t10-/m0/s1. The Kier molecular flexibility index (Phi) is 5.91. The Morgan fingerprint density at radius 1 is 1.37 bits per heavy atom. The van der Waals surface area contributed by atoms with Crippen molar-refractivity contribution >= 4 is 15.9 Å². The van der Waals surface area contributed by atoms with Crippen LogP contribution in [0.4, 0.5) is 0 Å². The fourth-order valence-corrected chi connectivity index (χ4v) is 2.33. The van der Waals surface area contributed by atoms with Crippen molar-refractivity contribution in [3.63, 3.8) is 0 Å². The van der Waals surface area contributed by atoms with Crippen LogP contribution in [0.1, 0.15) is 18.9 Å². The Morgan fingerprint density at radius 2 is 2.00 bits per heavy atom. The van der Waals surface area contributed by atoms with Gasteiger partial charge in [0, 0.05) is 18.9 Å². The van der Waals surface area contributed by atoms with E-state index in [1.54, 1.807) is 12.4 Å². The number of nitrogens with zero attached hydrogens (tertiary/aromatic N) is 1. The smallest absolute Gasteiger partial charge is 0.237 e. The molecule has 2 N–H and O–H groups in total. The number of aromatic nitrogens is 1. The van der Waals surface area contributed by atoms with Crippen molar-refractivity contribution < 1.29 is 13.2 Å². The molecular weight excluding hydrogens is 266 g/mol. The summed E-state index contributed by atoms with van der Waals surface area (Å²) in [7, 11) is -3.36. The molecule has 0 aromatic carbocycles. The molecule has 7 heteroatoms. The Morgan fingerprint density at radius 3 is 2.58 bits per heavy atom. The van der Waals surface area contributed by atoms with Crippen molar-refractivity contribution in [3.8, 4) is 0 Å². The molecule has 0 aliphatic heterocycles. The zero-order valence-corrected chi connectivity index (χ0v) is 11.9. The lowest BCUT2D eigenvalue weighted by Crippen LogP contribution is -2.44. The van der Waals surface area contributed by atoms with Crippen LogP contribution >= 0.6 is 0 Å². The Labute approximate surface area is 113 Å². The molecule has 0 bridgehead atoms. The van der Waals surface area contributed by atoms with E-state index in [9.17, 15) is 13.2 Å². The third-order valence-electron chi connectivity index (χ3n) is 2.47. The molecule has 106 valence electrons. The van der Waals surface area contributed by atoms with Crippen molar-refractivity contribution in [1.29, 1.82) is 0 Å². The molecule has 0 fully saturated rings. The van der Waals surface area contributed by atoms with Crippen LogP contribution in [0, 0.1) is 0 Å². The Balaban J connectivity index is 2.24. The van der Waals surface area contributed by atoms with Gasteiger partial charge in [0.25, 0.3) is 0 Å². The maximum atomic E-state index is 11.6. The summed E-state index contributed by atoms with van der Waals surface area (Å²) in [6.45, 7) is 2.02. The first-order valence-corrected chi connectivity index (χ1v) is 7.91. The number of amides is 1. The summed E-state index contributed by atoms with van der Waals surface area (Å²) in [5, 5.41) is 2.69. The highest BCUT2D eigenvalue weighted by molar-refractivity contribution is 7.88. The maximum absolute atomic E-state index is 11.6. The minimum absolute atomic E-state index is 0.319. The average Bonchev–Trinajstić information content (AvgIpc) is 2.33. The van der Waals surface area contributed by atoms with Crippen LogP contribution < -0.4 is 10.0 Å². The van der Waals surface area contributed by atoms with Gasteiger partial charge in [-0.15, -0.1) is 0 Å². The molecule has 1 aromatic rings. The van der Waals surface area contributed by atoms with Gasteiger partial charge in [-0.3, -0.25) is 9.78 Å². The Hall–Kier alpha value is -1.47. The molecule has 0 unspecified atom stereocenters. The molecule has 0 radical (unpaired) electrons. The summed E-state index contributed by atoms with van der Waals surface area (Å²) in [4.78, 5) is 15.5. The molecule has 0 saturated heterocycles. The van der Waals surface area contributed by atoms with E-state index in [1.165, 1.54) is 6.92 Å². The van der Waals surface area contributed by atoms with Gasteiger partial charge in [0.1, 0.15) is 0 Å². The first kappa shape index (κ1) is 15.6. The highest BCUT2D eigenvalue weighted by Gasteiger charge is 2.15. The first-order chi connectivity index (χ1) is 8.88. The molecule has 19 heavy (non-hydrogen) atoms. The van der Waals surface area contributed by atoms with E-state index in [0.717, 1.165) is 24.7 Å². The lowest BCUT2D eigenvalue weighted by Gasteiger charge is -2.12. The SMILES string of the molecule is C[C@H](NS(C)(=O)=O)C(=O)NCCCc1ccncc1. The third-order valence-corrected chi connectivity index (χ3v) is 3.26. The normalized spacial score (nSPS) is 12.9. The summed E-state index contributed by atoms with van der Waals surface area (Å²) in [5.74, 6) is -0.319. The summed E-state index contributed by atoms with van der Waals surface area (Å²) >= 11 is 0. The highest BCUT2D eigenvalue weighted by atomic mass is 32.2. The van der Waals surface area contributed by atoms with Gasteiger partial charge in [-0.25, -0.2) is 13.1 Å². The topological polar surface area (TPSA) is 88.2 Å². The van der Waals surface area contributed by atoms with E-state index in [1.807, 2.05) is 12.1 Å². The fourth-order valence-electron chi connectivity index (χ4n) is 1.58. The zero-order valence-electron chi connectivity index (χ0n) is 11.1. The first-order valence-electron chi connectivity index (χ1n) is 6.02. The number of carbonyl (C=O) groups is 1. The van der Waals surface area contributed by atoms with Crippen molar-refractivity contribution in [1.82, 2.24) is 15.0 Å². The monoisotopic (exact) mass is 285 g/mol. The van der Waals surface area contributed by atoms with Gasteiger partial charge in [-0.05, 0) is 37.5 Å². The summed E-state index contributed by atoms with van der Waals surface area (Å²) < 4.78 is 24.2. The molecule has 1 heterocycles. The lowest BCUT2D eigenvalue weighted by molar-refractivity contribution is -0.122. The molecule has 1 atom stereocenters. The number of rotatable bonds is 7. The number of nitrogens with one attached hydrogen (secondary N) is 2. The lowest BCUT2D eigenvalue weighted by atomic mass is 10.1. The fraction of sp³-hybridized carbons (Fsp3) is 0.500. The van der Waals surface area contributed by atoms with E-state index in [2.05, 4.69) is 15.0 Å². The van der Waals surface area contributed by atoms with Crippen molar-refractivity contribution in [2.45, 2.75) is 25.8 Å². The predicted molar refractivity (Wildman–Crippen MR) is 73.0 cm³/mol. The van der Waals surface area contributed by atoms with Gasteiger partial charge >= 0.3 is 0 Å². The number of sulfonamides is 1. The number of hydrogen-bond donors (Lipinski definition) is 2. The van der Waals surface area contributed by atoms with Crippen LogP contribution in [0.25, 0.3) is 0 Å². The second-order valence-corrected chi connectivity index (χ2v) is 6.14. The van der Waals surface area contributed by atoms with Crippen LogP contribution in [0.3, 0.4) is 0 Å². The van der Waals surface area contributed by atoms with Gasteiger partial charge in [0.15, 0.2) is 0 Å². The maximum Gasteiger partial charge on any atom is 0.237 e. The van der Waals surface area contributed by atoms with Crippen LogP contribution in [0.5, 0.6) is 0 Å². The largest absolute Gasteiger partial charge is 0.355 e. The van der Waals surface area contributed by atoms with E-state index < -0.39 is 16.1 Å². The van der Waals surface area contributed by atoms with Crippen molar-refractivity contribution in [3.05, 3.63) is 30.1 Å².